The van der Waals surface area contributed by atoms with Gasteiger partial charge in [-0.15, -0.1) is 0 Å². The first-order valence-corrected chi connectivity index (χ1v) is 6.43. The smallest absolute Gasteiger partial charge is 0.274 e. The first-order chi connectivity index (χ1) is 8.56. The number of anilines is 1. The molecule has 92 valence electrons. The maximum atomic E-state index is 11.9. The Bertz CT molecular complexity index is 601. The summed E-state index contributed by atoms with van der Waals surface area (Å²) in [6.07, 6.45) is 0. The molecule has 2 rings (SSSR count). The topological polar surface area (TPSA) is 42.0 Å². The van der Waals surface area contributed by atoms with E-state index >= 15 is 0 Å². The molecule has 1 heterocycles. The number of hydrogen-bond donors (Lipinski definition) is 1. The highest BCUT2D eigenvalue weighted by atomic mass is 79.9. The fraction of sp³-hybridized carbons (Fsp3) is 0.0769. The molecule has 1 aromatic heterocycles. The highest BCUT2D eigenvalue weighted by molar-refractivity contribution is 9.10. The molecule has 0 saturated heterocycles. The van der Waals surface area contributed by atoms with Crippen LogP contribution >= 0.6 is 27.5 Å². The van der Waals surface area contributed by atoms with Crippen LogP contribution in [0.5, 0.6) is 0 Å². The number of amides is 1. The van der Waals surface area contributed by atoms with Crippen molar-refractivity contribution in [2.75, 3.05) is 5.32 Å². The van der Waals surface area contributed by atoms with Crippen LogP contribution in [0.4, 0.5) is 5.69 Å². The largest absolute Gasteiger partial charge is 0.321 e. The van der Waals surface area contributed by atoms with Crippen molar-refractivity contribution in [1.82, 2.24) is 4.98 Å². The lowest BCUT2D eigenvalue weighted by Gasteiger charge is -2.06. The lowest BCUT2D eigenvalue weighted by Crippen LogP contribution is -2.13. The standard InChI is InChI=1S/C13H10BrClN2O/c1-8-3-2-4-12(16-8)13(18)17-9-5-6-10(14)11(15)7-9/h2-7H,1H3,(H,17,18). The number of benzene rings is 1. The number of halogens is 2. The Morgan fingerprint density at radius 1 is 1.33 bits per heavy atom. The van der Waals surface area contributed by atoms with Crippen LogP contribution in [0.2, 0.25) is 5.02 Å². The Hall–Kier alpha value is -1.39. The van der Waals surface area contributed by atoms with Gasteiger partial charge in [-0.3, -0.25) is 4.79 Å². The third-order valence-electron chi connectivity index (χ3n) is 2.30. The third-order valence-corrected chi connectivity index (χ3v) is 3.53. The Morgan fingerprint density at radius 3 is 2.78 bits per heavy atom. The molecule has 0 fully saturated rings. The number of aryl methyl sites for hydroxylation is 1. The second-order valence-electron chi connectivity index (χ2n) is 3.75. The number of nitrogens with zero attached hydrogens (tertiary/aromatic N) is 1. The van der Waals surface area contributed by atoms with Crippen LogP contribution in [0, 0.1) is 6.92 Å². The van der Waals surface area contributed by atoms with Crippen LogP contribution < -0.4 is 5.32 Å². The molecular formula is C13H10BrClN2O. The van der Waals surface area contributed by atoms with Gasteiger partial charge in [0.25, 0.3) is 5.91 Å². The molecule has 0 radical (unpaired) electrons. The summed E-state index contributed by atoms with van der Waals surface area (Å²) in [6.45, 7) is 1.84. The maximum Gasteiger partial charge on any atom is 0.274 e. The molecular weight excluding hydrogens is 316 g/mol. The molecule has 5 heteroatoms. The zero-order chi connectivity index (χ0) is 13.1. The summed E-state index contributed by atoms with van der Waals surface area (Å²) >= 11 is 9.25. The van der Waals surface area contributed by atoms with Gasteiger partial charge in [-0.05, 0) is 53.2 Å². The van der Waals surface area contributed by atoms with Crippen molar-refractivity contribution in [2.24, 2.45) is 0 Å². The van der Waals surface area contributed by atoms with Crippen molar-refractivity contribution in [3.63, 3.8) is 0 Å². The Balaban J connectivity index is 2.18. The predicted octanol–water partition coefficient (Wildman–Crippen LogP) is 4.06. The average Bonchev–Trinajstić information content (AvgIpc) is 2.34. The van der Waals surface area contributed by atoms with Gasteiger partial charge >= 0.3 is 0 Å². The molecule has 0 atom stereocenters. The van der Waals surface area contributed by atoms with Gasteiger partial charge in [0.05, 0.1) is 5.02 Å². The zero-order valence-electron chi connectivity index (χ0n) is 9.58. The van der Waals surface area contributed by atoms with Crippen molar-refractivity contribution in [2.45, 2.75) is 6.92 Å². The van der Waals surface area contributed by atoms with Crippen molar-refractivity contribution >= 4 is 39.1 Å². The Morgan fingerprint density at radius 2 is 2.11 bits per heavy atom. The Kier molecular flexibility index (Phi) is 3.99. The van der Waals surface area contributed by atoms with Gasteiger partial charge in [-0.2, -0.15) is 0 Å². The molecule has 18 heavy (non-hydrogen) atoms. The van der Waals surface area contributed by atoms with E-state index in [1.165, 1.54) is 0 Å². The lowest BCUT2D eigenvalue weighted by atomic mass is 10.2. The number of hydrogen-bond acceptors (Lipinski definition) is 2. The van der Waals surface area contributed by atoms with E-state index in [1.54, 1.807) is 30.3 Å². The van der Waals surface area contributed by atoms with Crippen molar-refractivity contribution in [3.8, 4) is 0 Å². The maximum absolute atomic E-state index is 11.9. The van der Waals surface area contributed by atoms with Gasteiger partial charge in [0, 0.05) is 15.9 Å². The van der Waals surface area contributed by atoms with Crippen LogP contribution in [0.3, 0.4) is 0 Å². The number of nitrogens with one attached hydrogen (secondary N) is 1. The van der Waals surface area contributed by atoms with Crippen molar-refractivity contribution < 1.29 is 4.79 Å². The summed E-state index contributed by atoms with van der Waals surface area (Å²) in [4.78, 5) is 16.1. The molecule has 0 spiro atoms. The van der Waals surface area contributed by atoms with E-state index in [4.69, 9.17) is 11.6 Å². The monoisotopic (exact) mass is 324 g/mol. The first kappa shape index (κ1) is 13.1. The van der Waals surface area contributed by atoms with Crippen LogP contribution in [-0.4, -0.2) is 10.9 Å². The van der Waals surface area contributed by atoms with E-state index in [1.807, 2.05) is 13.0 Å². The summed E-state index contributed by atoms with van der Waals surface area (Å²) < 4.78 is 0.788. The molecule has 0 unspecified atom stereocenters. The van der Waals surface area contributed by atoms with Crippen LogP contribution in [0.25, 0.3) is 0 Å². The van der Waals surface area contributed by atoms with Gasteiger partial charge in [0.2, 0.25) is 0 Å². The van der Waals surface area contributed by atoms with Crippen LogP contribution in [0.15, 0.2) is 40.9 Å². The van der Waals surface area contributed by atoms with Crippen LogP contribution in [-0.2, 0) is 0 Å². The molecule has 2 aromatic rings. The van der Waals surface area contributed by atoms with Crippen LogP contribution in [0.1, 0.15) is 16.2 Å². The minimum atomic E-state index is -0.253. The molecule has 0 aliphatic rings. The van der Waals surface area contributed by atoms with Crippen molar-refractivity contribution in [1.29, 1.82) is 0 Å². The van der Waals surface area contributed by atoms with Gasteiger partial charge in [0.15, 0.2) is 0 Å². The van der Waals surface area contributed by atoms with Gasteiger partial charge in [-0.1, -0.05) is 17.7 Å². The quantitative estimate of drug-likeness (QED) is 0.905. The Labute approximate surface area is 118 Å². The summed E-state index contributed by atoms with van der Waals surface area (Å²) in [5.74, 6) is -0.253. The molecule has 1 N–H and O–H groups in total. The highest BCUT2D eigenvalue weighted by Crippen LogP contribution is 2.25. The molecule has 0 saturated carbocycles. The van der Waals surface area contributed by atoms with Crippen molar-refractivity contribution in [3.05, 3.63) is 57.3 Å². The molecule has 0 bridgehead atoms. The normalized spacial score (nSPS) is 10.2. The minimum absolute atomic E-state index is 0.253. The summed E-state index contributed by atoms with van der Waals surface area (Å²) in [7, 11) is 0. The zero-order valence-corrected chi connectivity index (χ0v) is 11.9. The fourth-order valence-corrected chi connectivity index (χ4v) is 1.87. The molecule has 0 aliphatic heterocycles. The predicted molar refractivity (Wildman–Crippen MR) is 76.1 cm³/mol. The number of carbonyl (C=O) groups is 1. The number of carbonyl (C=O) groups excluding carboxylic acids is 1. The fourth-order valence-electron chi connectivity index (χ4n) is 1.44. The van der Waals surface area contributed by atoms with Gasteiger partial charge in [0.1, 0.15) is 5.69 Å². The number of pyridine rings is 1. The SMILES string of the molecule is Cc1cccc(C(=O)Nc2ccc(Br)c(Cl)c2)n1. The summed E-state index contributed by atoms with van der Waals surface area (Å²) in [6, 6.07) is 10.5. The van der Waals surface area contributed by atoms with E-state index in [2.05, 4.69) is 26.2 Å². The van der Waals surface area contributed by atoms with E-state index in [0.29, 0.717) is 16.4 Å². The summed E-state index contributed by atoms with van der Waals surface area (Å²) in [5, 5.41) is 3.29. The third kappa shape index (κ3) is 3.09. The average molecular weight is 326 g/mol. The number of aromatic nitrogens is 1. The molecule has 0 aliphatic carbocycles. The van der Waals surface area contributed by atoms with E-state index in [0.717, 1.165) is 10.2 Å². The molecule has 1 aromatic carbocycles. The second kappa shape index (κ2) is 5.50. The molecule has 3 nitrogen and oxygen atoms in total. The van der Waals surface area contributed by atoms with E-state index < -0.39 is 0 Å². The lowest BCUT2D eigenvalue weighted by molar-refractivity contribution is 0.102. The number of rotatable bonds is 2. The summed E-state index contributed by atoms with van der Waals surface area (Å²) in [5.41, 5.74) is 1.82. The molecule has 1 amide bonds. The van der Waals surface area contributed by atoms with E-state index in [9.17, 15) is 4.79 Å². The van der Waals surface area contributed by atoms with Gasteiger partial charge < -0.3 is 5.32 Å². The van der Waals surface area contributed by atoms with Gasteiger partial charge in [-0.25, -0.2) is 4.98 Å². The van der Waals surface area contributed by atoms with E-state index in [-0.39, 0.29) is 5.91 Å². The highest BCUT2D eigenvalue weighted by Gasteiger charge is 2.08. The first-order valence-electron chi connectivity index (χ1n) is 5.26. The minimum Gasteiger partial charge on any atom is -0.321 e. The second-order valence-corrected chi connectivity index (χ2v) is 5.01.